The molecule has 0 fully saturated rings. The minimum atomic E-state index is -2.95. The molecule has 0 amide bonds. The predicted molar refractivity (Wildman–Crippen MR) is 27.8 cm³/mol. The number of carbonyl (C=O) groups is 1. The molecule has 0 aliphatic carbocycles. The number of carbonyl (C=O) groups excluding carboxylic acids is 1. The minimum absolute atomic E-state index is 0.0787. The van der Waals surface area contributed by atoms with Crippen LogP contribution in [0.4, 0.5) is 8.78 Å². The first kappa shape index (κ1) is 7.64. The van der Waals surface area contributed by atoms with Crippen molar-refractivity contribution in [3.05, 3.63) is 18.0 Å². The van der Waals surface area contributed by atoms with Gasteiger partial charge < -0.3 is 9.90 Å². The number of carboxylic acid groups (broad SMARTS) is 1. The van der Waals surface area contributed by atoms with Crippen LogP contribution < -0.4 is 5.11 Å². The molecule has 0 saturated carbocycles. The van der Waals surface area contributed by atoms with Gasteiger partial charge in [-0.25, -0.2) is 4.68 Å². The number of nitrogens with zero attached hydrogens (tertiary/aromatic N) is 2. The van der Waals surface area contributed by atoms with Gasteiger partial charge in [-0.2, -0.15) is 13.9 Å². The van der Waals surface area contributed by atoms with Crippen LogP contribution in [-0.2, 0) is 0 Å². The van der Waals surface area contributed by atoms with E-state index in [-0.39, 0.29) is 4.68 Å². The molecule has 0 atom stereocenters. The Labute approximate surface area is 60.1 Å². The molecule has 4 nitrogen and oxygen atoms in total. The lowest BCUT2D eigenvalue weighted by molar-refractivity contribution is -0.256. The molecule has 0 bridgehead atoms. The summed E-state index contributed by atoms with van der Waals surface area (Å²) in [5.41, 5.74) is -0.625. The van der Waals surface area contributed by atoms with Crippen molar-refractivity contribution < 1.29 is 18.7 Å². The first-order valence-electron chi connectivity index (χ1n) is 2.66. The van der Waals surface area contributed by atoms with Gasteiger partial charge in [0.05, 0.1) is 11.7 Å². The molecule has 0 aliphatic heterocycles. The van der Waals surface area contributed by atoms with E-state index in [4.69, 9.17) is 0 Å². The zero-order chi connectivity index (χ0) is 8.43. The molecule has 1 heterocycles. The highest BCUT2D eigenvalue weighted by molar-refractivity contribution is 5.83. The van der Waals surface area contributed by atoms with Crippen LogP contribution in [0.2, 0.25) is 0 Å². The Hall–Kier alpha value is -1.46. The van der Waals surface area contributed by atoms with E-state index in [1.807, 2.05) is 0 Å². The summed E-state index contributed by atoms with van der Waals surface area (Å²) in [5.74, 6) is -1.66. The van der Waals surface area contributed by atoms with Gasteiger partial charge in [0.2, 0.25) is 0 Å². The monoisotopic (exact) mass is 161 g/mol. The molecule has 11 heavy (non-hydrogen) atoms. The summed E-state index contributed by atoms with van der Waals surface area (Å²) in [6, 6.07) is 0.946. The molecule has 0 radical (unpaired) electrons. The van der Waals surface area contributed by atoms with Crippen LogP contribution >= 0.6 is 0 Å². The van der Waals surface area contributed by atoms with Gasteiger partial charge in [0.25, 0.3) is 0 Å². The van der Waals surface area contributed by atoms with Gasteiger partial charge in [-0.05, 0) is 6.07 Å². The van der Waals surface area contributed by atoms with E-state index in [9.17, 15) is 18.7 Å². The maximum absolute atomic E-state index is 11.8. The van der Waals surface area contributed by atoms with E-state index < -0.39 is 18.2 Å². The number of alkyl halides is 2. The largest absolute Gasteiger partial charge is 0.543 e. The summed E-state index contributed by atoms with van der Waals surface area (Å²) in [7, 11) is 0. The molecule has 1 aromatic rings. The van der Waals surface area contributed by atoms with Crippen LogP contribution in [0.15, 0.2) is 12.3 Å². The topological polar surface area (TPSA) is 57.9 Å². The highest BCUT2D eigenvalue weighted by Crippen LogP contribution is 2.10. The maximum Gasteiger partial charge on any atom is 0.333 e. The summed E-state index contributed by atoms with van der Waals surface area (Å²) in [4.78, 5) is 10.1. The third kappa shape index (κ3) is 1.34. The Kier molecular flexibility index (Phi) is 1.84. The molecule has 6 heteroatoms. The summed E-state index contributed by atoms with van der Waals surface area (Å²) in [5, 5.41) is 13.2. The zero-order valence-corrected chi connectivity index (χ0v) is 5.20. The van der Waals surface area contributed by atoms with Gasteiger partial charge in [0.15, 0.2) is 0 Å². The summed E-state index contributed by atoms with van der Waals surface area (Å²) in [6.07, 6.45) is 0.970. The number of rotatable bonds is 2. The molecule has 60 valence electrons. The van der Waals surface area contributed by atoms with E-state index in [0.717, 1.165) is 12.3 Å². The molecule has 0 aromatic carbocycles. The van der Waals surface area contributed by atoms with Gasteiger partial charge in [-0.1, -0.05) is 0 Å². The van der Waals surface area contributed by atoms with Crippen molar-refractivity contribution in [3.8, 4) is 0 Å². The highest BCUT2D eigenvalue weighted by Gasteiger charge is 2.11. The van der Waals surface area contributed by atoms with E-state index in [1.165, 1.54) is 0 Å². The van der Waals surface area contributed by atoms with Crippen LogP contribution in [0.1, 0.15) is 17.0 Å². The number of aromatic nitrogens is 2. The SMILES string of the molecule is O=C([O-])c1ccnn1C(F)F. The second kappa shape index (κ2) is 2.65. The van der Waals surface area contributed by atoms with Crippen LogP contribution in [0.5, 0.6) is 0 Å². The van der Waals surface area contributed by atoms with Gasteiger partial charge in [0, 0.05) is 6.20 Å². The highest BCUT2D eigenvalue weighted by atomic mass is 19.3. The smallest absolute Gasteiger partial charge is 0.333 e. The molecule has 0 unspecified atom stereocenters. The molecule has 0 spiro atoms. The van der Waals surface area contributed by atoms with E-state index >= 15 is 0 Å². The number of hydrogen-bond acceptors (Lipinski definition) is 3. The fourth-order valence-electron chi connectivity index (χ4n) is 0.631. The Bertz CT molecular complexity index is 271. The van der Waals surface area contributed by atoms with Crippen molar-refractivity contribution >= 4 is 5.97 Å². The number of carboxylic acids is 1. The Morgan fingerprint density at radius 1 is 1.73 bits per heavy atom. The lowest BCUT2D eigenvalue weighted by atomic mass is 10.4. The second-order valence-corrected chi connectivity index (χ2v) is 1.73. The average molecular weight is 161 g/mol. The van der Waals surface area contributed by atoms with Gasteiger partial charge >= 0.3 is 6.55 Å². The predicted octanol–water partition coefficient (Wildman–Crippen LogP) is -0.358. The van der Waals surface area contributed by atoms with Crippen molar-refractivity contribution in [1.82, 2.24) is 9.78 Å². The van der Waals surface area contributed by atoms with Crippen molar-refractivity contribution in [2.75, 3.05) is 0 Å². The van der Waals surface area contributed by atoms with Gasteiger partial charge in [-0.15, -0.1) is 0 Å². The third-order valence-corrected chi connectivity index (χ3v) is 1.06. The standard InChI is InChI=1S/C5H4F2N2O2/c6-5(7)9-3(4(10)11)1-2-8-9/h1-2,5H,(H,10,11)/p-1. The van der Waals surface area contributed by atoms with Crippen molar-refractivity contribution in [3.63, 3.8) is 0 Å². The first-order valence-corrected chi connectivity index (χ1v) is 2.66. The van der Waals surface area contributed by atoms with Gasteiger partial charge in [-0.3, -0.25) is 0 Å². The molecular formula is C5H3F2N2O2-. The van der Waals surface area contributed by atoms with Crippen LogP contribution in [0.3, 0.4) is 0 Å². The summed E-state index contributed by atoms with van der Waals surface area (Å²) in [6.45, 7) is -2.95. The molecule has 0 N–H and O–H groups in total. The molecular weight excluding hydrogens is 158 g/mol. The summed E-state index contributed by atoms with van der Waals surface area (Å²) >= 11 is 0. The van der Waals surface area contributed by atoms with Crippen molar-refractivity contribution in [1.29, 1.82) is 0 Å². The Morgan fingerprint density at radius 3 is 2.73 bits per heavy atom. The van der Waals surface area contributed by atoms with Crippen molar-refractivity contribution in [2.24, 2.45) is 0 Å². The number of aromatic carboxylic acids is 1. The second-order valence-electron chi connectivity index (χ2n) is 1.73. The lowest BCUT2D eigenvalue weighted by Gasteiger charge is -2.04. The minimum Gasteiger partial charge on any atom is -0.543 e. The van der Waals surface area contributed by atoms with E-state index in [0.29, 0.717) is 0 Å². The van der Waals surface area contributed by atoms with Crippen LogP contribution in [-0.4, -0.2) is 15.7 Å². The normalized spacial score (nSPS) is 10.5. The molecule has 0 saturated heterocycles. The van der Waals surface area contributed by atoms with Gasteiger partial charge in [0.1, 0.15) is 0 Å². The number of hydrogen-bond donors (Lipinski definition) is 0. The average Bonchev–Trinajstić information content (AvgIpc) is 2.32. The van der Waals surface area contributed by atoms with Crippen LogP contribution in [0.25, 0.3) is 0 Å². The molecule has 0 aliphatic rings. The third-order valence-electron chi connectivity index (χ3n) is 1.06. The molecule has 1 aromatic heterocycles. The van der Waals surface area contributed by atoms with Crippen LogP contribution in [0, 0.1) is 0 Å². The quantitative estimate of drug-likeness (QED) is 0.595. The van der Waals surface area contributed by atoms with E-state index in [1.54, 1.807) is 0 Å². The fourth-order valence-corrected chi connectivity index (χ4v) is 0.631. The Balaban J connectivity index is 3.06. The van der Waals surface area contributed by atoms with Crippen molar-refractivity contribution in [2.45, 2.75) is 6.55 Å². The van der Waals surface area contributed by atoms with E-state index in [2.05, 4.69) is 5.10 Å². The first-order chi connectivity index (χ1) is 5.13. The summed E-state index contributed by atoms with van der Waals surface area (Å²) < 4.78 is 23.7. The molecule has 1 rings (SSSR count). The number of halogens is 2. The Morgan fingerprint density at radius 2 is 2.36 bits per heavy atom. The zero-order valence-electron chi connectivity index (χ0n) is 5.20. The lowest BCUT2D eigenvalue weighted by Crippen LogP contribution is -2.26. The fraction of sp³-hybridized carbons (Fsp3) is 0.200. The maximum atomic E-state index is 11.8.